The van der Waals surface area contributed by atoms with Crippen molar-refractivity contribution in [2.45, 2.75) is 32.4 Å². The lowest BCUT2D eigenvalue weighted by Gasteiger charge is -2.14. The van der Waals surface area contributed by atoms with Crippen molar-refractivity contribution in [2.24, 2.45) is 0 Å². The number of hydrogen-bond acceptors (Lipinski definition) is 3. The highest BCUT2D eigenvalue weighted by atomic mass is 16.5. The van der Waals surface area contributed by atoms with Gasteiger partial charge >= 0.3 is 0 Å². The molecule has 0 aliphatic rings. The molecule has 0 heterocycles. The topological polar surface area (TPSA) is 45.0 Å². The van der Waals surface area contributed by atoms with E-state index in [1.54, 1.807) is 0 Å². The molecular weight excluding hydrogens is 212 g/mol. The summed E-state index contributed by atoms with van der Waals surface area (Å²) in [5.41, 5.74) is 1.26. The van der Waals surface area contributed by atoms with Crippen LogP contribution in [0.4, 0.5) is 0 Å². The molecule has 0 radical (unpaired) electrons. The first-order valence-electron chi connectivity index (χ1n) is 5.99. The second-order valence-electron chi connectivity index (χ2n) is 4.31. The maximum atomic E-state index is 8.90. The van der Waals surface area contributed by atoms with E-state index in [1.165, 1.54) is 5.56 Å². The Morgan fingerprint density at radius 3 is 2.59 bits per heavy atom. The monoisotopic (exact) mass is 232 g/mol. The maximum Gasteiger partial charge on any atom is 0.119 e. The number of nitriles is 1. The van der Waals surface area contributed by atoms with E-state index in [-0.39, 0.29) is 6.04 Å². The molecule has 0 amide bonds. The number of ether oxygens (including phenoxy) is 1. The first-order chi connectivity index (χ1) is 8.22. The Kier molecular flexibility index (Phi) is 6.31. The molecule has 1 atom stereocenters. The van der Waals surface area contributed by atoms with Crippen LogP contribution in [0, 0.1) is 11.3 Å². The maximum absolute atomic E-state index is 8.90. The smallest absolute Gasteiger partial charge is 0.119 e. The van der Waals surface area contributed by atoms with Crippen molar-refractivity contribution in [3.05, 3.63) is 35.9 Å². The van der Waals surface area contributed by atoms with Crippen molar-refractivity contribution in [3.63, 3.8) is 0 Å². The van der Waals surface area contributed by atoms with Crippen molar-refractivity contribution < 1.29 is 4.74 Å². The highest BCUT2D eigenvalue weighted by Gasteiger charge is 2.07. The molecule has 0 fully saturated rings. The summed E-state index contributed by atoms with van der Waals surface area (Å²) >= 11 is 0. The standard InChI is InChI=1S/C14H20N2O/c1-12(2)16-14(10-15)11-17-9-8-13-6-4-3-5-7-13/h3-7,12,14,16H,8-9,11H2,1-2H3. The van der Waals surface area contributed by atoms with Crippen LogP contribution < -0.4 is 5.32 Å². The molecule has 3 heteroatoms. The molecule has 17 heavy (non-hydrogen) atoms. The van der Waals surface area contributed by atoms with Gasteiger partial charge in [-0.25, -0.2) is 0 Å². The predicted octanol–water partition coefficient (Wildman–Crippen LogP) is 2.14. The van der Waals surface area contributed by atoms with E-state index in [0.29, 0.717) is 19.3 Å². The van der Waals surface area contributed by atoms with E-state index in [0.717, 1.165) is 6.42 Å². The molecule has 0 saturated carbocycles. The molecule has 1 N–H and O–H groups in total. The molecule has 92 valence electrons. The predicted molar refractivity (Wildman–Crippen MR) is 68.6 cm³/mol. The lowest BCUT2D eigenvalue weighted by molar-refractivity contribution is 0.124. The van der Waals surface area contributed by atoms with Gasteiger partial charge in [-0.15, -0.1) is 0 Å². The van der Waals surface area contributed by atoms with Crippen molar-refractivity contribution >= 4 is 0 Å². The van der Waals surface area contributed by atoms with E-state index in [4.69, 9.17) is 10.00 Å². The molecule has 1 aromatic rings. The third-order valence-electron chi connectivity index (χ3n) is 2.35. The Hall–Kier alpha value is -1.37. The van der Waals surface area contributed by atoms with Crippen LogP contribution in [0.5, 0.6) is 0 Å². The van der Waals surface area contributed by atoms with Crippen LogP contribution in [-0.2, 0) is 11.2 Å². The Morgan fingerprint density at radius 2 is 2.00 bits per heavy atom. The summed E-state index contributed by atoms with van der Waals surface area (Å²) in [6.07, 6.45) is 0.890. The molecule has 0 aliphatic heterocycles. The Bertz CT molecular complexity index is 343. The minimum atomic E-state index is -0.217. The van der Waals surface area contributed by atoms with Gasteiger partial charge in [-0.1, -0.05) is 30.3 Å². The summed E-state index contributed by atoms with van der Waals surface area (Å²) in [5, 5.41) is 12.0. The van der Waals surface area contributed by atoms with Crippen molar-refractivity contribution in [3.8, 4) is 6.07 Å². The van der Waals surface area contributed by atoms with E-state index in [9.17, 15) is 0 Å². The van der Waals surface area contributed by atoms with Crippen LogP contribution in [0.25, 0.3) is 0 Å². The van der Waals surface area contributed by atoms with Gasteiger partial charge in [0.2, 0.25) is 0 Å². The normalized spacial score (nSPS) is 12.4. The lowest BCUT2D eigenvalue weighted by atomic mass is 10.2. The van der Waals surface area contributed by atoms with Crippen LogP contribution in [0.15, 0.2) is 30.3 Å². The molecule has 0 spiro atoms. The third-order valence-corrected chi connectivity index (χ3v) is 2.35. The fourth-order valence-electron chi connectivity index (χ4n) is 1.56. The summed E-state index contributed by atoms with van der Waals surface area (Å²) in [5.74, 6) is 0. The van der Waals surface area contributed by atoms with Crippen LogP contribution in [0.1, 0.15) is 19.4 Å². The van der Waals surface area contributed by atoms with Gasteiger partial charge in [-0.2, -0.15) is 5.26 Å². The molecule has 0 aliphatic carbocycles. The highest BCUT2D eigenvalue weighted by Crippen LogP contribution is 1.99. The largest absolute Gasteiger partial charge is 0.378 e. The SMILES string of the molecule is CC(C)NC(C#N)COCCc1ccccc1. The summed E-state index contributed by atoms with van der Waals surface area (Å²) in [4.78, 5) is 0. The van der Waals surface area contributed by atoms with Gasteiger partial charge in [-0.05, 0) is 25.8 Å². The van der Waals surface area contributed by atoms with Crippen molar-refractivity contribution in [1.82, 2.24) is 5.32 Å². The average Bonchev–Trinajstić information content (AvgIpc) is 2.34. The third kappa shape index (κ3) is 6.06. The molecular formula is C14H20N2O. The van der Waals surface area contributed by atoms with Crippen molar-refractivity contribution in [2.75, 3.05) is 13.2 Å². The molecule has 1 unspecified atom stereocenters. The fourth-order valence-corrected chi connectivity index (χ4v) is 1.56. The zero-order chi connectivity index (χ0) is 12.5. The molecule has 1 aromatic carbocycles. The minimum absolute atomic E-state index is 0.217. The summed E-state index contributed by atoms with van der Waals surface area (Å²) < 4.78 is 5.51. The van der Waals surface area contributed by atoms with E-state index in [1.807, 2.05) is 32.0 Å². The quantitative estimate of drug-likeness (QED) is 0.732. The molecule has 0 bridgehead atoms. The molecule has 1 rings (SSSR count). The van der Waals surface area contributed by atoms with Gasteiger partial charge in [-0.3, -0.25) is 5.32 Å². The van der Waals surface area contributed by atoms with E-state index in [2.05, 4.69) is 23.5 Å². The summed E-state index contributed by atoms with van der Waals surface area (Å²) in [6, 6.07) is 12.5. The number of benzene rings is 1. The van der Waals surface area contributed by atoms with Gasteiger partial charge in [0.05, 0.1) is 19.3 Å². The first-order valence-corrected chi connectivity index (χ1v) is 5.99. The lowest BCUT2D eigenvalue weighted by Crippen LogP contribution is -2.37. The molecule has 3 nitrogen and oxygen atoms in total. The first kappa shape index (κ1) is 13.7. The highest BCUT2D eigenvalue weighted by molar-refractivity contribution is 5.14. The summed E-state index contributed by atoms with van der Waals surface area (Å²) in [6.45, 7) is 5.14. The number of rotatable bonds is 7. The molecule has 0 saturated heterocycles. The second kappa shape index (κ2) is 7.83. The van der Waals surface area contributed by atoms with E-state index < -0.39 is 0 Å². The van der Waals surface area contributed by atoms with Gasteiger partial charge in [0.15, 0.2) is 0 Å². The van der Waals surface area contributed by atoms with Gasteiger partial charge in [0, 0.05) is 6.04 Å². The summed E-state index contributed by atoms with van der Waals surface area (Å²) in [7, 11) is 0. The zero-order valence-electron chi connectivity index (χ0n) is 10.5. The van der Waals surface area contributed by atoms with Crippen LogP contribution in [0.3, 0.4) is 0 Å². The van der Waals surface area contributed by atoms with Crippen LogP contribution in [-0.4, -0.2) is 25.3 Å². The Labute approximate surface area is 103 Å². The fraction of sp³-hybridized carbons (Fsp3) is 0.500. The minimum Gasteiger partial charge on any atom is -0.378 e. The van der Waals surface area contributed by atoms with Crippen molar-refractivity contribution in [1.29, 1.82) is 5.26 Å². The number of nitrogens with zero attached hydrogens (tertiary/aromatic N) is 1. The van der Waals surface area contributed by atoms with E-state index >= 15 is 0 Å². The second-order valence-corrected chi connectivity index (χ2v) is 4.31. The van der Waals surface area contributed by atoms with Crippen LogP contribution in [0.2, 0.25) is 0 Å². The van der Waals surface area contributed by atoms with Crippen LogP contribution >= 0.6 is 0 Å². The Balaban J connectivity index is 2.17. The number of nitrogens with one attached hydrogen (secondary N) is 1. The Morgan fingerprint density at radius 1 is 1.29 bits per heavy atom. The van der Waals surface area contributed by atoms with Gasteiger partial charge < -0.3 is 4.74 Å². The van der Waals surface area contributed by atoms with Gasteiger partial charge in [0.25, 0.3) is 0 Å². The average molecular weight is 232 g/mol. The zero-order valence-corrected chi connectivity index (χ0v) is 10.5. The molecule has 0 aromatic heterocycles. The van der Waals surface area contributed by atoms with Gasteiger partial charge in [0.1, 0.15) is 6.04 Å². The number of hydrogen-bond donors (Lipinski definition) is 1.